The van der Waals surface area contributed by atoms with E-state index in [0.717, 1.165) is 32.2 Å². The third kappa shape index (κ3) is 1.78. The number of aliphatic carboxylic acids is 1. The van der Waals surface area contributed by atoms with E-state index in [0.29, 0.717) is 6.54 Å². The molecule has 1 atom stereocenters. The molecule has 1 saturated heterocycles. The summed E-state index contributed by atoms with van der Waals surface area (Å²) in [5.74, 6) is -0.628. The van der Waals surface area contributed by atoms with Gasteiger partial charge in [-0.25, -0.2) is 0 Å². The van der Waals surface area contributed by atoms with Crippen molar-refractivity contribution in [2.45, 2.75) is 32.6 Å². The molecule has 12 heavy (non-hydrogen) atoms. The molecule has 1 rings (SSSR count). The van der Waals surface area contributed by atoms with Crippen LogP contribution in [0.5, 0.6) is 0 Å². The van der Waals surface area contributed by atoms with Crippen LogP contribution >= 0.6 is 0 Å². The van der Waals surface area contributed by atoms with Gasteiger partial charge in [-0.3, -0.25) is 4.79 Å². The molecule has 0 aromatic carbocycles. The lowest BCUT2D eigenvalue weighted by atomic mass is 9.77. The second-order valence-electron chi connectivity index (χ2n) is 3.62. The Labute approximate surface area is 73.2 Å². The summed E-state index contributed by atoms with van der Waals surface area (Å²) in [5.41, 5.74) is -0.465. The molecule has 0 radical (unpaired) electrons. The molecule has 1 aliphatic rings. The van der Waals surface area contributed by atoms with Crippen LogP contribution in [0.4, 0.5) is 0 Å². The predicted octanol–water partition coefficient (Wildman–Crippen LogP) is 1.24. The molecule has 0 aliphatic carbocycles. The third-order valence-electron chi connectivity index (χ3n) is 2.65. The van der Waals surface area contributed by atoms with E-state index in [1.807, 2.05) is 6.92 Å². The summed E-state index contributed by atoms with van der Waals surface area (Å²) in [4.78, 5) is 11.0. The number of carboxylic acids is 1. The Hall–Kier alpha value is -0.570. The van der Waals surface area contributed by atoms with Crippen LogP contribution in [0, 0.1) is 5.41 Å². The maximum Gasteiger partial charge on any atom is 0.310 e. The highest BCUT2D eigenvalue weighted by molar-refractivity contribution is 5.75. The van der Waals surface area contributed by atoms with Crippen molar-refractivity contribution >= 4 is 5.97 Å². The van der Waals surface area contributed by atoms with E-state index < -0.39 is 11.4 Å². The SMILES string of the molecule is CCC[C@@]1(C(=O)O)CCCNC1. The highest BCUT2D eigenvalue weighted by Gasteiger charge is 2.38. The molecule has 0 spiro atoms. The highest BCUT2D eigenvalue weighted by atomic mass is 16.4. The molecule has 2 N–H and O–H groups in total. The molecule has 0 unspecified atom stereocenters. The summed E-state index contributed by atoms with van der Waals surface area (Å²) in [5, 5.41) is 12.2. The zero-order chi connectivity index (χ0) is 9.03. The van der Waals surface area contributed by atoms with Crippen LogP contribution in [0.2, 0.25) is 0 Å². The van der Waals surface area contributed by atoms with Gasteiger partial charge in [-0.1, -0.05) is 13.3 Å². The first-order valence-corrected chi connectivity index (χ1v) is 4.65. The number of piperidine rings is 1. The predicted molar refractivity (Wildman–Crippen MR) is 47.1 cm³/mol. The first kappa shape index (κ1) is 9.52. The zero-order valence-electron chi connectivity index (χ0n) is 7.60. The van der Waals surface area contributed by atoms with Crippen molar-refractivity contribution in [1.29, 1.82) is 0 Å². The molecular formula is C9H17NO2. The summed E-state index contributed by atoms with van der Waals surface area (Å²) >= 11 is 0. The lowest BCUT2D eigenvalue weighted by molar-refractivity contribution is -0.150. The van der Waals surface area contributed by atoms with Gasteiger partial charge in [0.15, 0.2) is 0 Å². The largest absolute Gasteiger partial charge is 0.481 e. The van der Waals surface area contributed by atoms with Crippen molar-refractivity contribution in [1.82, 2.24) is 5.32 Å². The Morgan fingerprint density at radius 1 is 1.67 bits per heavy atom. The van der Waals surface area contributed by atoms with Crippen LogP contribution < -0.4 is 5.32 Å². The molecule has 0 aromatic heterocycles. The second kappa shape index (κ2) is 3.90. The van der Waals surface area contributed by atoms with E-state index in [9.17, 15) is 4.79 Å². The van der Waals surface area contributed by atoms with Gasteiger partial charge in [-0.2, -0.15) is 0 Å². The van der Waals surface area contributed by atoms with E-state index in [4.69, 9.17) is 5.11 Å². The summed E-state index contributed by atoms with van der Waals surface area (Å²) in [6, 6.07) is 0. The van der Waals surface area contributed by atoms with Crippen molar-refractivity contribution in [3.63, 3.8) is 0 Å². The minimum absolute atomic E-state index is 0.465. The molecule has 0 saturated carbocycles. The average molecular weight is 171 g/mol. The normalized spacial score (nSPS) is 30.1. The minimum Gasteiger partial charge on any atom is -0.481 e. The molecule has 0 bridgehead atoms. The maximum atomic E-state index is 11.0. The third-order valence-corrected chi connectivity index (χ3v) is 2.65. The minimum atomic E-state index is -0.628. The fourth-order valence-electron chi connectivity index (χ4n) is 1.95. The smallest absolute Gasteiger partial charge is 0.310 e. The van der Waals surface area contributed by atoms with Gasteiger partial charge in [-0.15, -0.1) is 0 Å². The van der Waals surface area contributed by atoms with Crippen LogP contribution in [0.1, 0.15) is 32.6 Å². The Morgan fingerprint density at radius 2 is 2.42 bits per heavy atom. The van der Waals surface area contributed by atoms with Gasteiger partial charge in [0.1, 0.15) is 0 Å². The van der Waals surface area contributed by atoms with Gasteiger partial charge in [0.05, 0.1) is 5.41 Å². The number of carboxylic acid groups (broad SMARTS) is 1. The quantitative estimate of drug-likeness (QED) is 0.671. The first-order valence-electron chi connectivity index (χ1n) is 4.65. The van der Waals surface area contributed by atoms with Crippen LogP contribution in [-0.4, -0.2) is 24.2 Å². The van der Waals surface area contributed by atoms with Crippen molar-refractivity contribution < 1.29 is 9.90 Å². The van der Waals surface area contributed by atoms with Gasteiger partial charge in [0.25, 0.3) is 0 Å². The number of nitrogens with one attached hydrogen (secondary N) is 1. The summed E-state index contributed by atoms with van der Waals surface area (Å²) in [7, 11) is 0. The van der Waals surface area contributed by atoms with Crippen LogP contribution in [0.25, 0.3) is 0 Å². The number of rotatable bonds is 3. The van der Waals surface area contributed by atoms with Crippen LogP contribution in [0.3, 0.4) is 0 Å². The van der Waals surface area contributed by atoms with Crippen LogP contribution in [0.15, 0.2) is 0 Å². The standard InChI is InChI=1S/C9H17NO2/c1-2-4-9(8(11)12)5-3-6-10-7-9/h10H,2-7H2,1H3,(H,11,12)/t9-/m1/s1. The second-order valence-corrected chi connectivity index (χ2v) is 3.62. The maximum absolute atomic E-state index is 11.0. The number of hydrogen-bond acceptors (Lipinski definition) is 2. The van der Waals surface area contributed by atoms with E-state index in [2.05, 4.69) is 5.32 Å². The van der Waals surface area contributed by atoms with Crippen molar-refractivity contribution in [2.75, 3.05) is 13.1 Å². The zero-order valence-corrected chi connectivity index (χ0v) is 7.60. The van der Waals surface area contributed by atoms with Crippen LogP contribution in [-0.2, 0) is 4.79 Å². The van der Waals surface area contributed by atoms with Crippen molar-refractivity contribution in [3.8, 4) is 0 Å². The van der Waals surface area contributed by atoms with Crippen molar-refractivity contribution in [2.24, 2.45) is 5.41 Å². The summed E-state index contributed by atoms with van der Waals surface area (Å²) < 4.78 is 0. The van der Waals surface area contributed by atoms with Gasteiger partial charge < -0.3 is 10.4 Å². The first-order chi connectivity index (χ1) is 5.71. The monoisotopic (exact) mass is 171 g/mol. The summed E-state index contributed by atoms with van der Waals surface area (Å²) in [6.07, 6.45) is 3.58. The molecule has 1 heterocycles. The van der Waals surface area contributed by atoms with E-state index in [-0.39, 0.29) is 0 Å². The van der Waals surface area contributed by atoms with Gasteiger partial charge >= 0.3 is 5.97 Å². The number of hydrogen-bond donors (Lipinski definition) is 2. The highest BCUT2D eigenvalue weighted by Crippen LogP contribution is 2.31. The lowest BCUT2D eigenvalue weighted by Gasteiger charge is -2.33. The Kier molecular flexibility index (Phi) is 3.09. The number of carbonyl (C=O) groups is 1. The van der Waals surface area contributed by atoms with E-state index >= 15 is 0 Å². The fraction of sp³-hybridized carbons (Fsp3) is 0.889. The fourth-order valence-corrected chi connectivity index (χ4v) is 1.95. The molecule has 0 amide bonds. The van der Waals surface area contributed by atoms with Crippen molar-refractivity contribution in [3.05, 3.63) is 0 Å². The van der Waals surface area contributed by atoms with Gasteiger partial charge in [-0.05, 0) is 25.8 Å². The molecular weight excluding hydrogens is 154 g/mol. The topological polar surface area (TPSA) is 49.3 Å². The molecule has 3 nitrogen and oxygen atoms in total. The van der Waals surface area contributed by atoms with E-state index in [1.165, 1.54) is 0 Å². The molecule has 3 heteroatoms. The summed E-state index contributed by atoms with van der Waals surface area (Å²) in [6.45, 7) is 3.66. The Morgan fingerprint density at radius 3 is 2.83 bits per heavy atom. The van der Waals surface area contributed by atoms with E-state index in [1.54, 1.807) is 0 Å². The molecule has 0 aromatic rings. The lowest BCUT2D eigenvalue weighted by Crippen LogP contribution is -2.45. The Bertz CT molecular complexity index is 156. The molecule has 70 valence electrons. The average Bonchev–Trinajstić information content (AvgIpc) is 2.06. The molecule has 1 aliphatic heterocycles. The van der Waals surface area contributed by atoms with Gasteiger partial charge in [0.2, 0.25) is 0 Å². The van der Waals surface area contributed by atoms with Gasteiger partial charge in [0, 0.05) is 6.54 Å². The molecule has 1 fully saturated rings. The Balaban J connectivity index is 2.63.